The summed E-state index contributed by atoms with van der Waals surface area (Å²) in [7, 11) is 2.16. The Morgan fingerprint density at radius 3 is 2.38 bits per heavy atom. The summed E-state index contributed by atoms with van der Waals surface area (Å²) in [4.78, 5) is 16.8. The van der Waals surface area contributed by atoms with Crippen LogP contribution in [0, 0.1) is 0 Å². The lowest BCUT2D eigenvalue weighted by Gasteiger charge is -2.34. The number of likely N-dealkylation sites (N-methyl/N-ethyl adjacent to an activating group) is 1. The lowest BCUT2D eigenvalue weighted by molar-refractivity contribution is -0.115. The van der Waals surface area contributed by atoms with Gasteiger partial charge in [0.25, 0.3) is 0 Å². The number of benzene rings is 2. The van der Waals surface area contributed by atoms with Crippen molar-refractivity contribution in [2.24, 2.45) is 0 Å². The molecule has 2 aromatic carbocycles. The molecule has 0 radical (unpaired) electrons. The van der Waals surface area contributed by atoms with Gasteiger partial charge in [0.15, 0.2) is 0 Å². The van der Waals surface area contributed by atoms with Gasteiger partial charge in [0.1, 0.15) is 0 Å². The first-order valence-corrected chi connectivity index (χ1v) is 10.3. The highest BCUT2D eigenvalue weighted by molar-refractivity contribution is 7.98. The summed E-state index contributed by atoms with van der Waals surface area (Å²) in [6, 6.07) is 18.6. The van der Waals surface area contributed by atoms with E-state index in [-0.39, 0.29) is 5.91 Å². The molecule has 3 rings (SSSR count). The van der Waals surface area contributed by atoms with E-state index in [1.165, 1.54) is 11.3 Å². The molecule has 1 aliphatic rings. The minimum absolute atomic E-state index is 0.0814. The van der Waals surface area contributed by atoms with Gasteiger partial charge in [-0.2, -0.15) is 11.8 Å². The molecule has 138 valence electrons. The molecule has 26 heavy (non-hydrogen) atoms. The fraction of sp³-hybridized carbons (Fsp3) is 0.381. The SMILES string of the molecule is CN1CCN(c2ccc(NC(=O)CCSCc3ccccc3)cc2)CC1. The lowest BCUT2D eigenvalue weighted by Crippen LogP contribution is -2.44. The summed E-state index contributed by atoms with van der Waals surface area (Å²) < 4.78 is 0. The summed E-state index contributed by atoms with van der Waals surface area (Å²) in [5.41, 5.74) is 3.41. The number of carbonyl (C=O) groups excluding carboxylic acids is 1. The number of hydrogen-bond donors (Lipinski definition) is 1. The summed E-state index contributed by atoms with van der Waals surface area (Å²) in [6.45, 7) is 4.31. The number of nitrogens with one attached hydrogen (secondary N) is 1. The Bertz CT molecular complexity index is 682. The van der Waals surface area contributed by atoms with Gasteiger partial charge >= 0.3 is 0 Å². The van der Waals surface area contributed by atoms with Crippen molar-refractivity contribution in [1.82, 2.24) is 4.90 Å². The van der Waals surface area contributed by atoms with Crippen molar-refractivity contribution in [2.75, 3.05) is 49.2 Å². The summed E-state index contributed by atoms with van der Waals surface area (Å²) >= 11 is 1.80. The highest BCUT2D eigenvalue weighted by Gasteiger charge is 2.14. The van der Waals surface area contributed by atoms with E-state index in [1.54, 1.807) is 11.8 Å². The highest BCUT2D eigenvalue weighted by atomic mass is 32.2. The normalized spacial score (nSPS) is 15.0. The number of hydrogen-bond acceptors (Lipinski definition) is 4. The largest absolute Gasteiger partial charge is 0.369 e. The third kappa shape index (κ3) is 5.78. The van der Waals surface area contributed by atoms with Crippen LogP contribution < -0.4 is 10.2 Å². The van der Waals surface area contributed by atoms with Crippen LogP contribution in [-0.2, 0) is 10.5 Å². The van der Waals surface area contributed by atoms with Gasteiger partial charge in [-0.05, 0) is 36.9 Å². The number of thioether (sulfide) groups is 1. The molecule has 1 amide bonds. The lowest BCUT2D eigenvalue weighted by atomic mass is 10.2. The molecule has 1 heterocycles. The van der Waals surface area contributed by atoms with E-state index in [2.05, 4.69) is 58.6 Å². The Labute approximate surface area is 160 Å². The average Bonchev–Trinajstić information content (AvgIpc) is 2.67. The second-order valence-electron chi connectivity index (χ2n) is 6.67. The molecular formula is C21H27N3OS. The third-order valence-electron chi connectivity index (χ3n) is 4.60. The standard InChI is InChI=1S/C21H27N3OS/c1-23-12-14-24(15-13-23)20-9-7-19(8-10-20)22-21(25)11-16-26-17-18-5-3-2-4-6-18/h2-10H,11-17H2,1H3,(H,22,25). The zero-order valence-electron chi connectivity index (χ0n) is 15.4. The topological polar surface area (TPSA) is 35.6 Å². The smallest absolute Gasteiger partial charge is 0.225 e. The van der Waals surface area contributed by atoms with E-state index in [9.17, 15) is 4.79 Å². The van der Waals surface area contributed by atoms with Crippen LogP contribution in [0.15, 0.2) is 54.6 Å². The van der Waals surface area contributed by atoms with Gasteiger partial charge in [-0.25, -0.2) is 0 Å². The van der Waals surface area contributed by atoms with Gasteiger partial charge in [-0.3, -0.25) is 4.79 Å². The maximum Gasteiger partial charge on any atom is 0.225 e. The van der Waals surface area contributed by atoms with Crippen molar-refractivity contribution in [3.63, 3.8) is 0 Å². The molecule has 2 aromatic rings. The maximum absolute atomic E-state index is 12.1. The van der Waals surface area contributed by atoms with Crippen LogP contribution in [0.5, 0.6) is 0 Å². The third-order valence-corrected chi connectivity index (χ3v) is 5.63. The number of anilines is 2. The average molecular weight is 370 g/mol. The van der Waals surface area contributed by atoms with Gasteiger partial charge in [0.05, 0.1) is 0 Å². The van der Waals surface area contributed by atoms with E-state index in [1.807, 2.05) is 18.2 Å². The molecule has 1 saturated heterocycles. The van der Waals surface area contributed by atoms with Crippen molar-refractivity contribution >= 4 is 29.0 Å². The second kappa shape index (κ2) is 9.64. The van der Waals surface area contributed by atoms with Gasteiger partial charge in [-0.1, -0.05) is 30.3 Å². The quantitative estimate of drug-likeness (QED) is 0.755. The molecular weight excluding hydrogens is 342 g/mol. The van der Waals surface area contributed by atoms with Crippen LogP contribution >= 0.6 is 11.8 Å². The van der Waals surface area contributed by atoms with Gasteiger partial charge in [0, 0.05) is 55.5 Å². The molecule has 4 nitrogen and oxygen atoms in total. The molecule has 0 unspecified atom stereocenters. The molecule has 0 spiro atoms. The fourth-order valence-electron chi connectivity index (χ4n) is 2.97. The van der Waals surface area contributed by atoms with E-state index in [4.69, 9.17) is 0 Å². The van der Waals surface area contributed by atoms with Crippen LogP contribution in [0.2, 0.25) is 0 Å². The Morgan fingerprint density at radius 1 is 1.00 bits per heavy atom. The van der Waals surface area contributed by atoms with Gasteiger partial charge < -0.3 is 15.1 Å². The van der Waals surface area contributed by atoms with Crippen molar-refractivity contribution in [1.29, 1.82) is 0 Å². The first-order chi connectivity index (χ1) is 12.7. The van der Waals surface area contributed by atoms with Crippen molar-refractivity contribution in [2.45, 2.75) is 12.2 Å². The number of piperazine rings is 1. The Hall–Kier alpha value is -1.98. The highest BCUT2D eigenvalue weighted by Crippen LogP contribution is 2.20. The molecule has 1 aliphatic heterocycles. The summed E-state index contributed by atoms with van der Waals surface area (Å²) in [5.74, 6) is 1.87. The molecule has 0 bridgehead atoms. The maximum atomic E-state index is 12.1. The first-order valence-electron chi connectivity index (χ1n) is 9.16. The summed E-state index contributed by atoms with van der Waals surface area (Å²) in [5, 5.41) is 3.00. The predicted octanol–water partition coefficient (Wildman–Crippen LogP) is 3.70. The van der Waals surface area contributed by atoms with Crippen LogP contribution in [0.4, 0.5) is 11.4 Å². The monoisotopic (exact) mass is 369 g/mol. The van der Waals surface area contributed by atoms with Crippen LogP contribution in [0.1, 0.15) is 12.0 Å². The Kier molecular flexibility index (Phi) is 6.97. The van der Waals surface area contributed by atoms with Gasteiger partial charge in [-0.15, -0.1) is 0 Å². The summed E-state index contributed by atoms with van der Waals surface area (Å²) in [6.07, 6.45) is 0.539. The Morgan fingerprint density at radius 2 is 1.69 bits per heavy atom. The van der Waals surface area contributed by atoms with Crippen LogP contribution in [0.25, 0.3) is 0 Å². The number of amides is 1. The zero-order chi connectivity index (χ0) is 18.2. The Balaban J connectivity index is 1.38. The van der Waals surface area contributed by atoms with Crippen molar-refractivity contribution in [3.8, 4) is 0 Å². The van der Waals surface area contributed by atoms with Crippen molar-refractivity contribution in [3.05, 3.63) is 60.2 Å². The van der Waals surface area contributed by atoms with E-state index in [0.29, 0.717) is 6.42 Å². The van der Waals surface area contributed by atoms with Gasteiger partial charge in [0.2, 0.25) is 5.91 Å². The van der Waals surface area contributed by atoms with E-state index < -0.39 is 0 Å². The second-order valence-corrected chi connectivity index (χ2v) is 7.78. The molecule has 0 saturated carbocycles. The predicted molar refractivity (Wildman–Crippen MR) is 112 cm³/mol. The minimum atomic E-state index is 0.0814. The fourth-order valence-corrected chi connectivity index (χ4v) is 3.88. The molecule has 0 aliphatic carbocycles. The van der Waals surface area contributed by atoms with Crippen molar-refractivity contribution < 1.29 is 4.79 Å². The number of carbonyl (C=O) groups is 1. The zero-order valence-corrected chi connectivity index (χ0v) is 16.2. The minimum Gasteiger partial charge on any atom is -0.369 e. The molecule has 1 N–H and O–H groups in total. The molecule has 0 atom stereocenters. The molecule has 0 aromatic heterocycles. The molecule has 1 fully saturated rings. The number of rotatable bonds is 7. The van der Waals surface area contributed by atoms with Crippen LogP contribution in [0.3, 0.4) is 0 Å². The number of nitrogens with zero attached hydrogens (tertiary/aromatic N) is 2. The molecule has 5 heteroatoms. The van der Waals surface area contributed by atoms with E-state index in [0.717, 1.165) is 43.4 Å². The van der Waals surface area contributed by atoms with E-state index >= 15 is 0 Å². The first kappa shape index (κ1) is 18.8. The van der Waals surface area contributed by atoms with Crippen LogP contribution in [-0.4, -0.2) is 49.8 Å².